The SMILES string of the molecule is OCC[C@@H]1CN(Cc2cccc(O)c2)CCN1Cc1ccccc1. The summed E-state index contributed by atoms with van der Waals surface area (Å²) in [7, 11) is 0. The normalized spacial score (nSPS) is 19.5. The van der Waals surface area contributed by atoms with E-state index in [0.717, 1.165) is 44.7 Å². The van der Waals surface area contributed by atoms with E-state index in [0.29, 0.717) is 11.8 Å². The number of aliphatic hydroxyl groups is 1. The second kappa shape index (κ2) is 8.29. The Morgan fingerprint density at radius 3 is 2.46 bits per heavy atom. The summed E-state index contributed by atoms with van der Waals surface area (Å²) < 4.78 is 0. The number of aliphatic hydroxyl groups excluding tert-OH is 1. The monoisotopic (exact) mass is 326 g/mol. The second-order valence-electron chi connectivity index (χ2n) is 6.53. The first-order valence-corrected chi connectivity index (χ1v) is 8.63. The lowest BCUT2D eigenvalue weighted by Gasteiger charge is -2.41. The zero-order valence-electron chi connectivity index (χ0n) is 14.0. The van der Waals surface area contributed by atoms with Crippen LogP contribution in [0.5, 0.6) is 5.75 Å². The van der Waals surface area contributed by atoms with Crippen LogP contribution in [-0.4, -0.2) is 52.3 Å². The molecule has 4 nitrogen and oxygen atoms in total. The van der Waals surface area contributed by atoms with Crippen LogP contribution in [0.4, 0.5) is 0 Å². The molecule has 0 amide bonds. The molecule has 1 saturated heterocycles. The Labute approximate surface area is 144 Å². The molecule has 1 fully saturated rings. The van der Waals surface area contributed by atoms with Crippen molar-refractivity contribution < 1.29 is 10.2 Å². The number of hydrogen-bond donors (Lipinski definition) is 2. The summed E-state index contributed by atoms with van der Waals surface area (Å²) in [5.74, 6) is 0.321. The molecule has 1 aliphatic heterocycles. The van der Waals surface area contributed by atoms with Gasteiger partial charge in [-0.25, -0.2) is 0 Å². The van der Waals surface area contributed by atoms with Crippen molar-refractivity contribution in [2.24, 2.45) is 0 Å². The van der Waals surface area contributed by atoms with E-state index < -0.39 is 0 Å². The van der Waals surface area contributed by atoms with Crippen molar-refractivity contribution in [3.05, 3.63) is 65.7 Å². The average Bonchev–Trinajstić information content (AvgIpc) is 2.58. The molecular formula is C20H26N2O2. The smallest absolute Gasteiger partial charge is 0.115 e. The number of phenols is 1. The second-order valence-corrected chi connectivity index (χ2v) is 6.53. The van der Waals surface area contributed by atoms with Gasteiger partial charge in [-0.2, -0.15) is 0 Å². The number of nitrogens with zero attached hydrogens (tertiary/aromatic N) is 2. The summed E-state index contributed by atoms with van der Waals surface area (Å²) in [4.78, 5) is 4.89. The molecule has 0 radical (unpaired) electrons. The molecule has 4 heteroatoms. The molecule has 128 valence electrons. The Hall–Kier alpha value is -1.88. The topological polar surface area (TPSA) is 46.9 Å². The minimum absolute atomic E-state index is 0.218. The molecule has 2 aromatic carbocycles. The lowest BCUT2D eigenvalue weighted by Crippen LogP contribution is -2.52. The van der Waals surface area contributed by atoms with Gasteiger partial charge in [0.25, 0.3) is 0 Å². The van der Waals surface area contributed by atoms with Gasteiger partial charge in [0.1, 0.15) is 5.75 Å². The lowest BCUT2D eigenvalue weighted by molar-refractivity contribution is 0.0499. The zero-order chi connectivity index (χ0) is 16.8. The fraction of sp³-hybridized carbons (Fsp3) is 0.400. The van der Waals surface area contributed by atoms with Gasteiger partial charge in [-0.05, 0) is 29.7 Å². The highest BCUT2D eigenvalue weighted by atomic mass is 16.3. The van der Waals surface area contributed by atoms with E-state index >= 15 is 0 Å². The van der Waals surface area contributed by atoms with Crippen LogP contribution in [0.25, 0.3) is 0 Å². The van der Waals surface area contributed by atoms with Crippen molar-refractivity contribution >= 4 is 0 Å². The van der Waals surface area contributed by atoms with Crippen LogP contribution in [-0.2, 0) is 13.1 Å². The highest BCUT2D eigenvalue weighted by molar-refractivity contribution is 5.27. The summed E-state index contributed by atoms with van der Waals surface area (Å²) >= 11 is 0. The number of phenolic OH excluding ortho intramolecular Hbond substituents is 1. The van der Waals surface area contributed by atoms with E-state index in [2.05, 4.69) is 40.1 Å². The minimum atomic E-state index is 0.218. The molecule has 0 aliphatic carbocycles. The Bertz CT molecular complexity index is 633. The highest BCUT2D eigenvalue weighted by Crippen LogP contribution is 2.19. The highest BCUT2D eigenvalue weighted by Gasteiger charge is 2.26. The number of aromatic hydroxyl groups is 1. The molecule has 2 aromatic rings. The molecule has 1 heterocycles. The maximum absolute atomic E-state index is 9.63. The van der Waals surface area contributed by atoms with Crippen LogP contribution < -0.4 is 0 Å². The van der Waals surface area contributed by atoms with Gasteiger partial charge in [0.2, 0.25) is 0 Å². The average molecular weight is 326 g/mol. The molecule has 3 rings (SSSR count). The fourth-order valence-electron chi connectivity index (χ4n) is 3.46. The van der Waals surface area contributed by atoms with Crippen molar-refractivity contribution in [3.63, 3.8) is 0 Å². The van der Waals surface area contributed by atoms with Crippen molar-refractivity contribution in [1.29, 1.82) is 0 Å². The Morgan fingerprint density at radius 1 is 0.917 bits per heavy atom. The first kappa shape index (κ1) is 17.0. The van der Waals surface area contributed by atoms with E-state index in [4.69, 9.17) is 0 Å². The van der Waals surface area contributed by atoms with Gasteiger partial charge in [0.05, 0.1) is 0 Å². The Kier molecular flexibility index (Phi) is 5.86. The zero-order valence-corrected chi connectivity index (χ0v) is 14.0. The van der Waals surface area contributed by atoms with Crippen molar-refractivity contribution in [3.8, 4) is 5.75 Å². The van der Waals surface area contributed by atoms with Gasteiger partial charge in [-0.15, -0.1) is 0 Å². The summed E-state index contributed by atoms with van der Waals surface area (Å²) in [6.45, 7) is 4.95. The third kappa shape index (κ3) is 4.57. The predicted octanol–water partition coefficient (Wildman–Crippen LogP) is 2.46. The minimum Gasteiger partial charge on any atom is -0.508 e. The first-order valence-electron chi connectivity index (χ1n) is 8.63. The fourth-order valence-corrected chi connectivity index (χ4v) is 3.46. The van der Waals surface area contributed by atoms with Crippen molar-refractivity contribution in [2.75, 3.05) is 26.2 Å². The molecule has 1 atom stereocenters. The van der Waals surface area contributed by atoms with Crippen LogP contribution >= 0.6 is 0 Å². The third-order valence-corrected chi connectivity index (χ3v) is 4.70. The molecule has 24 heavy (non-hydrogen) atoms. The molecule has 1 aliphatic rings. The van der Waals surface area contributed by atoms with Gasteiger partial charge in [0, 0.05) is 45.4 Å². The molecule has 0 spiro atoms. The van der Waals surface area contributed by atoms with E-state index in [1.54, 1.807) is 6.07 Å². The van der Waals surface area contributed by atoms with Crippen molar-refractivity contribution in [1.82, 2.24) is 9.80 Å². The van der Waals surface area contributed by atoms with Crippen LogP contribution in [0.2, 0.25) is 0 Å². The number of piperazine rings is 1. The third-order valence-electron chi connectivity index (χ3n) is 4.70. The molecule has 0 unspecified atom stereocenters. The largest absolute Gasteiger partial charge is 0.508 e. The van der Waals surface area contributed by atoms with Crippen LogP contribution in [0, 0.1) is 0 Å². The lowest BCUT2D eigenvalue weighted by atomic mass is 10.1. The van der Waals surface area contributed by atoms with Crippen LogP contribution in [0.3, 0.4) is 0 Å². The maximum Gasteiger partial charge on any atom is 0.115 e. The molecule has 0 bridgehead atoms. The predicted molar refractivity (Wildman–Crippen MR) is 95.7 cm³/mol. The van der Waals surface area contributed by atoms with E-state index in [1.807, 2.05) is 18.2 Å². The summed E-state index contributed by atoms with van der Waals surface area (Å²) in [6.07, 6.45) is 0.795. The van der Waals surface area contributed by atoms with E-state index in [-0.39, 0.29) is 6.61 Å². The van der Waals surface area contributed by atoms with Gasteiger partial charge in [-0.1, -0.05) is 42.5 Å². The van der Waals surface area contributed by atoms with E-state index in [1.165, 1.54) is 5.56 Å². The van der Waals surface area contributed by atoms with E-state index in [9.17, 15) is 10.2 Å². The molecular weight excluding hydrogens is 300 g/mol. The van der Waals surface area contributed by atoms with Gasteiger partial charge < -0.3 is 10.2 Å². The first-order chi connectivity index (χ1) is 11.7. The summed E-state index contributed by atoms with van der Waals surface area (Å²) in [6, 6.07) is 18.4. The number of rotatable bonds is 6. The summed E-state index contributed by atoms with van der Waals surface area (Å²) in [5.41, 5.74) is 2.45. The molecule has 2 N–H and O–H groups in total. The maximum atomic E-state index is 9.63. The quantitative estimate of drug-likeness (QED) is 0.856. The molecule has 0 saturated carbocycles. The standard InChI is InChI=1S/C20H26N2O2/c23-12-9-19-16-21(14-18-7-4-8-20(24)13-18)10-11-22(19)15-17-5-2-1-3-6-17/h1-8,13,19,23-24H,9-12,14-16H2/t19-/m1/s1. The Balaban J connectivity index is 1.62. The Morgan fingerprint density at radius 2 is 1.71 bits per heavy atom. The molecule has 0 aromatic heterocycles. The van der Waals surface area contributed by atoms with Crippen LogP contribution in [0.15, 0.2) is 54.6 Å². The van der Waals surface area contributed by atoms with Crippen LogP contribution in [0.1, 0.15) is 17.5 Å². The summed E-state index contributed by atoms with van der Waals surface area (Å²) in [5, 5.41) is 19.1. The van der Waals surface area contributed by atoms with Gasteiger partial charge >= 0.3 is 0 Å². The van der Waals surface area contributed by atoms with Crippen molar-refractivity contribution in [2.45, 2.75) is 25.6 Å². The van der Waals surface area contributed by atoms with Gasteiger partial charge in [-0.3, -0.25) is 9.80 Å². The van der Waals surface area contributed by atoms with Gasteiger partial charge in [0.15, 0.2) is 0 Å². The number of hydrogen-bond acceptors (Lipinski definition) is 4. The number of benzene rings is 2.